The van der Waals surface area contributed by atoms with Crippen LogP contribution in [0.5, 0.6) is 0 Å². The summed E-state index contributed by atoms with van der Waals surface area (Å²) in [4.78, 5) is 6.51. The van der Waals surface area contributed by atoms with Crippen LogP contribution in [0.1, 0.15) is 44.4 Å². The molecule has 0 radical (unpaired) electrons. The van der Waals surface area contributed by atoms with Crippen LogP contribution in [0, 0.1) is 5.82 Å². The Morgan fingerprint density at radius 2 is 1.85 bits per heavy atom. The first-order valence-electron chi connectivity index (χ1n) is 8.62. The Morgan fingerprint density at radius 3 is 2.42 bits per heavy atom. The fourth-order valence-corrected chi connectivity index (χ4v) is 4.37. The maximum absolute atomic E-state index is 13.4. The van der Waals surface area contributed by atoms with Crippen LogP contribution in [0.4, 0.5) is 4.39 Å². The average Bonchev–Trinajstić information content (AvgIpc) is 3.11. The Balaban J connectivity index is 1.66. The summed E-state index contributed by atoms with van der Waals surface area (Å²) in [5.74, 6) is 0.831. The van der Waals surface area contributed by atoms with Gasteiger partial charge in [-0.05, 0) is 25.1 Å². The molecule has 0 spiro atoms. The van der Waals surface area contributed by atoms with Crippen LogP contribution in [0.25, 0.3) is 0 Å². The number of nitrogens with zero attached hydrogens (tertiary/aromatic N) is 4. The van der Waals surface area contributed by atoms with Gasteiger partial charge in [-0.25, -0.2) is 12.8 Å². The summed E-state index contributed by atoms with van der Waals surface area (Å²) in [6, 6.07) is 5.01. The predicted molar refractivity (Wildman–Crippen MR) is 93.5 cm³/mol. The lowest BCUT2D eigenvalue weighted by Gasteiger charge is -2.36. The molecule has 7 nitrogen and oxygen atoms in total. The van der Waals surface area contributed by atoms with Gasteiger partial charge in [-0.15, -0.1) is 0 Å². The number of halogens is 1. The van der Waals surface area contributed by atoms with Gasteiger partial charge in [0.1, 0.15) is 5.82 Å². The van der Waals surface area contributed by atoms with Crippen molar-refractivity contribution in [1.82, 2.24) is 19.3 Å². The third kappa shape index (κ3) is 3.79. The van der Waals surface area contributed by atoms with Gasteiger partial charge in [0.15, 0.2) is 5.82 Å². The Hall–Kier alpha value is -1.84. The minimum Gasteiger partial charge on any atom is -0.338 e. The lowest BCUT2D eigenvalue weighted by Crippen LogP contribution is -2.49. The Bertz CT molecular complexity index is 860. The van der Waals surface area contributed by atoms with Crippen molar-refractivity contribution >= 4 is 10.0 Å². The minimum atomic E-state index is -3.69. The molecular formula is C17H23FN4O3S. The van der Waals surface area contributed by atoms with E-state index in [9.17, 15) is 12.8 Å². The third-order valence-corrected chi connectivity index (χ3v) is 6.48. The summed E-state index contributed by atoms with van der Waals surface area (Å²) in [6.07, 6.45) is 0. The third-order valence-electron chi connectivity index (χ3n) is 4.59. The lowest BCUT2D eigenvalue weighted by molar-refractivity contribution is 0.124. The largest absolute Gasteiger partial charge is 0.338 e. The van der Waals surface area contributed by atoms with Crippen molar-refractivity contribution in [1.29, 1.82) is 0 Å². The molecule has 0 aliphatic carbocycles. The summed E-state index contributed by atoms with van der Waals surface area (Å²) < 4.78 is 45.4. The molecule has 26 heavy (non-hydrogen) atoms. The van der Waals surface area contributed by atoms with Crippen LogP contribution in [-0.4, -0.2) is 53.9 Å². The quantitative estimate of drug-likeness (QED) is 0.790. The molecule has 2 heterocycles. The SMILES string of the molecule is CC(C)c1noc(C(C)N2CCN(S(=O)(=O)c3cccc(F)c3)CC2)n1. The smallest absolute Gasteiger partial charge is 0.243 e. The summed E-state index contributed by atoms with van der Waals surface area (Å²) in [6.45, 7) is 7.69. The van der Waals surface area contributed by atoms with Gasteiger partial charge in [-0.3, -0.25) is 4.90 Å². The van der Waals surface area contributed by atoms with Crippen molar-refractivity contribution in [2.24, 2.45) is 0 Å². The second-order valence-corrected chi connectivity index (χ2v) is 8.66. The van der Waals surface area contributed by atoms with Crippen molar-refractivity contribution in [3.63, 3.8) is 0 Å². The summed E-state index contributed by atoms with van der Waals surface area (Å²) >= 11 is 0. The number of aromatic nitrogens is 2. The van der Waals surface area contributed by atoms with Crippen LogP contribution >= 0.6 is 0 Å². The Kier molecular flexibility index (Phi) is 5.40. The van der Waals surface area contributed by atoms with E-state index in [1.54, 1.807) is 0 Å². The van der Waals surface area contributed by atoms with Crippen LogP contribution in [-0.2, 0) is 10.0 Å². The van der Waals surface area contributed by atoms with E-state index in [4.69, 9.17) is 4.52 Å². The molecule has 0 saturated carbocycles. The van der Waals surface area contributed by atoms with E-state index in [1.807, 2.05) is 20.8 Å². The summed E-state index contributed by atoms with van der Waals surface area (Å²) in [7, 11) is -3.69. The van der Waals surface area contributed by atoms with Gasteiger partial charge in [-0.1, -0.05) is 25.1 Å². The molecule has 1 atom stereocenters. The van der Waals surface area contributed by atoms with E-state index in [1.165, 1.54) is 22.5 Å². The predicted octanol–water partition coefficient (Wildman–Crippen LogP) is 2.40. The number of piperazine rings is 1. The highest BCUT2D eigenvalue weighted by molar-refractivity contribution is 7.89. The highest BCUT2D eigenvalue weighted by Gasteiger charge is 2.32. The standard InChI is InChI=1S/C17H23FN4O3S/c1-12(2)16-19-17(25-20-16)13(3)21-7-9-22(10-8-21)26(23,24)15-6-4-5-14(18)11-15/h4-6,11-13H,7-10H2,1-3H3. The molecule has 1 aliphatic heterocycles. The molecule has 0 bridgehead atoms. The van der Waals surface area contributed by atoms with Crippen LogP contribution in [0.15, 0.2) is 33.7 Å². The van der Waals surface area contributed by atoms with Crippen LogP contribution < -0.4 is 0 Å². The number of sulfonamides is 1. The molecule has 1 aromatic carbocycles. The van der Waals surface area contributed by atoms with Crippen molar-refractivity contribution in [2.45, 2.75) is 37.6 Å². The molecule has 1 fully saturated rings. The molecule has 1 aromatic heterocycles. The fraction of sp³-hybridized carbons (Fsp3) is 0.529. The molecule has 9 heteroatoms. The van der Waals surface area contributed by atoms with Crippen molar-refractivity contribution in [3.05, 3.63) is 41.8 Å². The number of hydrogen-bond acceptors (Lipinski definition) is 6. The summed E-state index contributed by atoms with van der Waals surface area (Å²) in [5.41, 5.74) is 0. The normalized spacial score (nSPS) is 18.3. The van der Waals surface area contributed by atoms with Crippen molar-refractivity contribution < 1.29 is 17.3 Å². The average molecular weight is 382 g/mol. The van der Waals surface area contributed by atoms with E-state index in [-0.39, 0.29) is 16.9 Å². The fourth-order valence-electron chi connectivity index (χ4n) is 2.92. The molecule has 3 rings (SSSR count). The Morgan fingerprint density at radius 1 is 1.15 bits per heavy atom. The van der Waals surface area contributed by atoms with Gasteiger partial charge in [-0.2, -0.15) is 9.29 Å². The number of hydrogen-bond donors (Lipinski definition) is 0. The second-order valence-electron chi connectivity index (χ2n) is 6.72. The van der Waals surface area contributed by atoms with Gasteiger partial charge >= 0.3 is 0 Å². The van der Waals surface area contributed by atoms with E-state index in [0.29, 0.717) is 37.9 Å². The lowest BCUT2D eigenvalue weighted by atomic mass is 10.2. The highest BCUT2D eigenvalue weighted by Crippen LogP contribution is 2.24. The molecule has 2 aromatic rings. The monoisotopic (exact) mass is 382 g/mol. The molecule has 1 saturated heterocycles. The highest BCUT2D eigenvalue weighted by atomic mass is 32.2. The minimum absolute atomic E-state index is 0.0162. The van der Waals surface area contributed by atoms with E-state index in [0.717, 1.165) is 6.07 Å². The van der Waals surface area contributed by atoms with E-state index >= 15 is 0 Å². The van der Waals surface area contributed by atoms with E-state index < -0.39 is 15.8 Å². The number of rotatable bonds is 5. The molecule has 0 N–H and O–H groups in total. The Labute approximate surface area is 152 Å². The maximum atomic E-state index is 13.4. The molecule has 1 unspecified atom stereocenters. The zero-order chi connectivity index (χ0) is 18.9. The van der Waals surface area contributed by atoms with Crippen molar-refractivity contribution in [2.75, 3.05) is 26.2 Å². The first kappa shape index (κ1) is 18.9. The van der Waals surface area contributed by atoms with Gasteiger partial charge in [0.2, 0.25) is 15.9 Å². The van der Waals surface area contributed by atoms with Gasteiger partial charge < -0.3 is 4.52 Å². The first-order chi connectivity index (χ1) is 12.3. The zero-order valence-electron chi connectivity index (χ0n) is 15.1. The van der Waals surface area contributed by atoms with Gasteiger partial charge in [0.25, 0.3) is 0 Å². The van der Waals surface area contributed by atoms with Crippen LogP contribution in [0.3, 0.4) is 0 Å². The first-order valence-corrected chi connectivity index (χ1v) is 10.1. The van der Waals surface area contributed by atoms with Crippen molar-refractivity contribution in [3.8, 4) is 0 Å². The molecule has 1 aliphatic rings. The maximum Gasteiger partial charge on any atom is 0.243 e. The van der Waals surface area contributed by atoms with Gasteiger partial charge in [0, 0.05) is 32.1 Å². The second kappa shape index (κ2) is 7.42. The molecule has 0 amide bonds. The molecular weight excluding hydrogens is 359 g/mol. The topological polar surface area (TPSA) is 79.5 Å². The zero-order valence-corrected chi connectivity index (χ0v) is 15.9. The van der Waals surface area contributed by atoms with E-state index in [2.05, 4.69) is 15.0 Å². The van der Waals surface area contributed by atoms with Crippen LogP contribution in [0.2, 0.25) is 0 Å². The molecule has 142 valence electrons. The number of benzene rings is 1. The van der Waals surface area contributed by atoms with Gasteiger partial charge in [0.05, 0.1) is 10.9 Å². The summed E-state index contributed by atoms with van der Waals surface area (Å²) in [5, 5.41) is 3.98.